The van der Waals surface area contributed by atoms with Crippen LogP contribution in [-0.4, -0.2) is 22.9 Å². The number of para-hydroxylation sites is 1. The molecule has 108 valence electrons. The van der Waals surface area contributed by atoms with E-state index >= 15 is 0 Å². The molecule has 3 N–H and O–H groups in total. The fourth-order valence-electron chi connectivity index (χ4n) is 2.21. The van der Waals surface area contributed by atoms with Gasteiger partial charge < -0.3 is 11.1 Å². The van der Waals surface area contributed by atoms with Gasteiger partial charge in [-0.05, 0) is 12.1 Å². The largest absolute Gasteiger partial charge is 0.381 e. The number of nitrogens with one attached hydrogen (secondary N) is 1. The Labute approximate surface area is 118 Å². The first-order valence-corrected chi connectivity index (χ1v) is 6.72. The third-order valence-electron chi connectivity index (χ3n) is 3.02. The molecule has 0 aliphatic carbocycles. The fraction of sp³-hybridized carbons (Fsp3) is 0.400. The zero-order chi connectivity index (χ0) is 14.8. The second-order valence-corrected chi connectivity index (χ2v) is 5.74. The predicted octanol–water partition coefficient (Wildman–Crippen LogP) is 2.68. The molecular weight excluding hydrogens is 255 g/mol. The highest BCUT2D eigenvalue weighted by molar-refractivity contribution is 5.53. The molecule has 1 heterocycles. The van der Waals surface area contributed by atoms with Crippen molar-refractivity contribution in [1.29, 1.82) is 0 Å². The van der Waals surface area contributed by atoms with E-state index in [1.54, 1.807) is 29.1 Å². The number of halogens is 1. The molecule has 0 aliphatic heterocycles. The van der Waals surface area contributed by atoms with Crippen LogP contribution in [0.1, 0.15) is 26.5 Å². The summed E-state index contributed by atoms with van der Waals surface area (Å²) < 4.78 is 15.7. The standard InChI is InChI=1S/C15H21FN4/c1-15(2,3)14-12(18-9-8-17)10-19-20(14)13-7-5-4-6-11(13)16/h4-7,10,18H,8-9,17H2,1-3H3. The lowest BCUT2D eigenvalue weighted by molar-refractivity contribution is 0.534. The monoisotopic (exact) mass is 276 g/mol. The van der Waals surface area contributed by atoms with Crippen molar-refractivity contribution in [2.24, 2.45) is 5.73 Å². The highest BCUT2D eigenvalue weighted by Crippen LogP contribution is 2.32. The topological polar surface area (TPSA) is 55.9 Å². The minimum Gasteiger partial charge on any atom is -0.381 e. The Morgan fingerprint density at radius 1 is 1.30 bits per heavy atom. The van der Waals surface area contributed by atoms with Crippen LogP contribution >= 0.6 is 0 Å². The normalized spacial score (nSPS) is 11.7. The van der Waals surface area contributed by atoms with Crippen molar-refractivity contribution >= 4 is 5.69 Å². The molecule has 5 heteroatoms. The first kappa shape index (κ1) is 14.5. The van der Waals surface area contributed by atoms with E-state index in [1.165, 1.54) is 6.07 Å². The fourth-order valence-corrected chi connectivity index (χ4v) is 2.21. The molecule has 0 atom stereocenters. The van der Waals surface area contributed by atoms with Gasteiger partial charge in [-0.15, -0.1) is 0 Å². The Kier molecular flexibility index (Phi) is 4.09. The van der Waals surface area contributed by atoms with Gasteiger partial charge in [-0.25, -0.2) is 9.07 Å². The summed E-state index contributed by atoms with van der Waals surface area (Å²) >= 11 is 0. The Hall–Kier alpha value is -1.88. The molecule has 0 unspecified atom stereocenters. The molecule has 2 rings (SSSR count). The average molecular weight is 276 g/mol. The zero-order valence-electron chi connectivity index (χ0n) is 12.2. The summed E-state index contributed by atoms with van der Waals surface area (Å²) in [6.45, 7) is 7.43. The maximum absolute atomic E-state index is 14.0. The molecule has 2 aromatic rings. The molecule has 20 heavy (non-hydrogen) atoms. The molecule has 1 aromatic carbocycles. The van der Waals surface area contributed by atoms with Crippen molar-refractivity contribution in [1.82, 2.24) is 9.78 Å². The van der Waals surface area contributed by atoms with Crippen LogP contribution in [0.2, 0.25) is 0 Å². The smallest absolute Gasteiger partial charge is 0.148 e. The third-order valence-corrected chi connectivity index (χ3v) is 3.02. The van der Waals surface area contributed by atoms with Crippen LogP contribution in [0.15, 0.2) is 30.5 Å². The molecular formula is C15H21FN4. The third kappa shape index (κ3) is 2.82. The van der Waals surface area contributed by atoms with Crippen molar-refractivity contribution < 1.29 is 4.39 Å². The minimum atomic E-state index is -0.286. The zero-order valence-corrected chi connectivity index (χ0v) is 12.2. The highest BCUT2D eigenvalue weighted by atomic mass is 19.1. The van der Waals surface area contributed by atoms with Gasteiger partial charge in [-0.3, -0.25) is 0 Å². The first-order valence-electron chi connectivity index (χ1n) is 6.72. The van der Waals surface area contributed by atoms with Crippen LogP contribution in [0.25, 0.3) is 5.69 Å². The van der Waals surface area contributed by atoms with Gasteiger partial charge in [0.25, 0.3) is 0 Å². The molecule has 0 fully saturated rings. The SMILES string of the molecule is CC(C)(C)c1c(NCCN)cnn1-c1ccccc1F. The van der Waals surface area contributed by atoms with Crippen molar-refractivity contribution in [3.05, 3.63) is 42.0 Å². The van der Waals surface area contributed by atoms with Crippen molar-refractivity contribution in [2.75, 3.05) is 18.4 Å². The molecule has 0 bridgehead atoms. The van der Waals surface area contributed by atoms with E-state index in [4.69, 9.17) is 5.73 Å². The van der Waals surface area contributed by atoms with E-state index in [0.717, 1.165) is 11.4 Å². The maximum Gasteiger partial charge on any atom is 0.148 e. The summed E-state index contributed by atoms with van der Waals surface area (Å²) in [7, 11) is 0. The van der Waals surface area contributed by atoms with E-state index in [1.807, 2.05) is 0 Å². The van der Waals surface area contributed by atoms with Gasteiger partial charge in [0.15, 0.2) is 0 Å². The van der Waals surface area contributed by atoms with E-state index in [9.17, 15) is 4.39 Å². The number of nitrogens with two attached hydrogens (primary N) is 1. The average Bonchev–Trinajstić information content (AvgIpc) is 2.80. The molecule has 0 saturated carbocycles. The van der Waals surface area contributed by atoms with Crippen molar-refractivity contribution in [2.45, 2.75) is 26.2 Å². The molecule has 0 spiro atoms. The molecule has 0 saturated heterocycles. The van der Waals surface area contributed by atoms with Gasteiger partial charge in [0.1, 0.15) is 11.5 Å². The summed E-state index contributed by atoms with van der Waals surface area (Å²) in [6.07, 6.45) is 1.72. The summed E-state index contributed by atoms with van der Waals surface area (Å²) in [5, 5.41) is 7.59. The summed E-state index contributed by atoms with van der Waals surface area (Å²) in [4.78, 5) is 0. The number of hydrogen-bond acceptors (Lipinski definition) is 3. The van der Waals surface area contributed by atoms with E-state index in [2.05, 4.69) is 31.2 Å². The van der Waals surface area contributed by atoms with Gasteiger partial charge in [-0.1, -0.05) is 32.9 Å². The second-order valence-electron chi connectivity index (χ2n) is 5.74. The minimum absolute atomic E-state index is 0.171. The number of hydrogen-bond donors (Lipinski definition) is 2. The molecule has 0 amide bonds. The van der Waals surface area contributed by atoms with Gasteiger partial charge in [-0.2, -0.15) is 5.10 Å². The van der Waals surface area contributed by atoms with Gasteiger partial charge >= 0.3 is 0 Å². The van der Waals surface area contributed by atoms with Crippen LogP contribution in [0.5, 0.6) is 0 Å². The maximum atomic E-state index is 14.0. The van der Waals surface area contributed by atoms with Crippen LogP contribution in [0, 0.1) is 5.82 Å². The second kappa shape index (κ2) is 5.63. The lowest BCUT2D eigenvalue weighted by atomic mass is 9.91. The number of aromatic nitrogens is 2. The number of nitrogens with zero attached hydrogens (tertiary/aromatic N) is 2. The summed E-state index contributed by atoms with van der Waals surface area (Å²) in [6, 6.07) is 6.65. The Morgan fingerprint density at radius 2 is 2.00 bits per heavy atom. The molecule has 0 aliphatic rings. The Balaban J connectivity index is 2.54. The summed E-state index contributed by atoms with van der Waals surface area (Å²) in [5.41, 5.74) is 7.65. The molecule has 1 aromatic heterocycles. The van der Waals surface area contributed by atoms with Crippen LogP contribution < -0.4 is 11.1 Å². The van der Waals surface area contributed by atoms with Crippen LogP contribution in [-0.2, 0) is 5.41 Å². The number of benzene rings is 1. The summed E-state index contributed by atoms with van der Waals surface area (Å²) in [5.74, 6) is -0.286. The quantitative estimate of drug-likeness (QED) is 0.902. The predicted molar refractivity (Wildman–Crippen MR) is 79.8 cm³/mol. The van der Waals surface area contributed by atoms with Gasteiger partial charge in [0.2, 0.25) is 0 Å². The first-order chi connectivity index (χ1) is 9.45. The van der Waals surface area contributed by atoms with Gasteiger partial charge in [0.05, 0.1) is 17.6 Å². The molecule has 0 radical (unpaired) electrons. The van der Waals surface area contributed by atoms with E-state index in [-0.39, 0.29) is 11.2 Å². The lowest BCUT2D eigenvalue weighted by Crippen LogP contribution is -2.21. The highest BCUT2D eigenvalue weighted by Gasteiger charge is 2.25. The molecule has 4 nitrogen and oxygen atoms in total. The van der Waals surface area contributed by atoms with Crippen molar-refractivity contribution in [3.8, 4) is 5.69 Å². The van der Waals surface area contributed by atoms with Gasteiger partial charge in [0, 0.05) is 18.5 Å². The Bertz CT molecular complexity index is 584. The number of anilines is 1. The van der Waals surface area contributed by atoms with E-state index < -0.39 is 0 Å². The van der Waals surface area contributed by atoms with E-state index in [0.29, 0.717) is 18.8 Å². The number of rotatable bonds is 4. The van der Waals surface area contributed by atoms with Crippen LogP contribution in [0.3, 0.4) is 0 Å². The lowest BCUT2D eigenvalue weighted by Gasteiger charge is -2.23. The van der Waals surface area contributed by atoms with Crippen molar-refractivity contribution in [3.63, 3.8) is 0 Å². The van der Waals surface area contributed by atoms with Crippen LogP contribution in [0.4, 0.5) is 10.1 Å². The Morgan fingerprint density at radius 3 is 2.60 bits per heavy atom.